The van der Waals surface area contributed by atoms with Gasteiger partial charge in [0.1, 0.15) is 6.04 Å². The van der Waals surface area contributed by atoms with Crippen LogP contribution in [0.2, 0.25) is 0 Å². The van der Waals surface area contributed by atoms with Crippen molar-refractivity contribution in [1.82, 2.24) is 0 Å². The zero-order chi connectivity index (χ0) is 18.5. The van der Waals surface area contributed by atoms with Crippen molar-refractivity contribution in [2.45, 2.75) is 25.3 Å². The van der Waals surface area contributed by atoms with E-state index >= 15 is 0 Å². The highest BCUT2D eigenvalue weighted by Gasteiger charge is 2.11. The second-order valence-corrected chi connectivity index (χ2v) is 7.74. The highest BCUT2D eigenvalue weighted by molar-refractivity contribution is 5.60. The summed E-state index contributed by atoms with van der Waals surface area (Å²) in [5.41, 5.74) is 6.70. The molecule has 0 unspecified atom stereocenters. The quantitative estimate of drug-likeness (QED) is 0.870. The average Bonchev–Trinajstić information content (AvgIpc) is 2.63. The molecule has 2 aliphatic rings. The first kappa shape index (κ1) is 18.5. The second-order valence-electron chi connectivity index (χ2n) is 7.74. The Labute approximate surface area is 158 Å². The molecule has 1 aromatic carbocycles. The lowest BCUT2D eigenvalue weighted by Gasteiger charge is -2.18. The van der Waals surface area contributed by atoms with E-state index in [-0.39, 0.29) is 0 Å². The minimum Gasteiger partial charge on any atom is -0.378 e. The van der Waals surface area contributed by atoms with Crippen molar-refractivity contribution < 1.29 is 4.90 Å². The summed E-state index contributed by atoms with van der Waals surface area (Å²) in [5, 5.41) is 0. The van der Waals surface area contributed by atoms with Crippen LogP contribution < -0.4 is 9.80 Å². The maximum absolute atomic E-state index is 2.38. The molecule has 2 heteroatoms. The standard InChI is InChI=1S/C24H30N2/c1-25(2)23-12-8-19(9-13-23)16-21-6-5-7-22(18-21)17-20-10-14-24(15-11-20)26(3)4/h8-18,23H,5-7H2,1-4H3/p+1/b19-16?,22-17+. The molecule has 26 heavy (non-hydrogen) atoms. The van der Waals surface area contributed by atoms with Crippen molar-refractivity contribution in [1.29, 1.82) is 0 Å². The van der Waals surface area contributed by atoms with Crippen molar-refractivity contribution in [2.75, 3.05) is 33.1 Å². The predicted octanol–water partition coefficient (Wildman–Crippen LogP) is 3.81. The fourth-order valence-corrected chi connectivity index (χ4v) is 3.43. The van der Waals surface area contributed by atoms with Crippen molar-refractivity contribution in [3.8, 4) is 0 Å². The lowest BCUT2D eigenvalue weighted by atomic mass is 9.92. The minimum absolute atomic E-state index is 0.494. The highest BCUT2D eigenvalue weighted by atomic mass is 15.1. The topological polar surface area (TPSA) is 7.68 Å². The van der Waals surface area contributed by atoms with E-state index in [1.165, 1.54) is 52.1 Å². The molecule has 0 aromatic heterocycles. The van der Waals surface area contributed by atoms with Crippen molar-refractivity contribution in [3.63, 3.8) is 0 Å². The molecule has 136 valence electrons. The van der Waals surface area contributed by atoms with Crippen LogP contribution in [0.15, 0.2) is 77.4 Å². The molecule has 0 radical (unpaired) electrons. The van der Waals surface area contributed by atoms with E-state index in [1.54, 1.807) is 0 Å². The van der Waals surface area contributed by atoms with Gasteiger partial charge in [0.25, 0.3) is 0 Å². The first-order valence-electron chi connectivity index (χ1n) is 9.58. The molecule has 0 aliphatic heterocycles. The fraction of sp³-hybridized carbons (Fsp3) is 0.333. The van der Waals surface area contributed by atoms with Crippen LogP contribution in [0, 0.1) is 0 Å². The van der Waals surface area contributed by atoms with E-state index in [4.69, 9.17) is 0 Å². The molecule has 0 saturated heterocycles. The smallest absolute Gasteiger partial charge is 0.125 e. The van der Waals surface area contributed by atoms with E-state index in [9.17, 15) is 0 Å². The summed E-state index contributed by atoms with van der Waals surface area (Å²) in [6.07, 6.45) is 19.7. The zero-order valence-corrected chi connectivity index (χ0v) is 16.5. The van der Waals surface area contributed by atoms with Gasteiger partial charge < -0.3 is 9.80 Å². The monoisotopic (exact) mass is 347 g/mol. The molecule has 0 saturated carbocycles. The molecule has 2 nitrogen and oxygen atoms in total. The number of rotatable bonds is 4. The number of likely N-dealkylation sites (N-methyl/N-ethyl adjacent to an activating group) is 1. The van der Waals surface area contributed by atoms with E-state index in [0.29, 0.717) is 6.04 Å². The maximum atomic E-state index is 2.38. The normalized spacial score (nSPS) is 21.3. The second kappa shape index (κ2) is 8.37. The van der Waals surface area contributed by atoms with Gasteiger partial charge in [-0.3, -0.25) is 0 Å². The summed E-state index contributed by atoms with van der Waals surface area (Å²) in [6, 6.07) is 9.28. The summed E-state index contributed by atoms with van der Waals surface area (Å²) < 4.78 is 0. The lowest BCUT2D eigenvalue weighted by Crippen LogP contribution is -3.09. The first-order chi connectivity index (χ1) is 12.5. The van der Waals surface area contributed by atoms with Gasteiger partial charge >= 0.3 is 0 Å². The summed E-state index contributed by atoms with van der Waals surface area (Å²) in [5.74, 6) is 0. The third kappa shape index (κ3) is 4.86. The molecule has 1 N–H and O–H groups in total. The highest BCUT2D eigenvalue weighted by Crippen LogP contribution is 2.27. The van der Waals surface area contributed by atoms with Gasteiger partial charge in [-0.05, 0) is 65.8 Å². The number of quaternary nitrogens is 1. The third-order valence-corrected chi connectivity index (χ3v) is 5.07. The fourth-order valence-electron chi connectivity index (χ4n) is 3.43. The Balaban J connectivity index is 1.74. The number of hydrogen-bond acceptors (Lipinski definition) is 1. The van der Waals surface area contributed by atoms with E-state index in [2.05, 4.69) is 99.9 Å². The molecule has 0 amide bonds. The van der Waals surface area contributed by atoms with Crippen LogP contribution in [0.4, 0.5) is 5.69 Å². The van der Waals surface area contributed by atoms with Crippen LogP contribution in [-0.2, 0) is 0 Å². The van der Waals surface area contributed by atoms with Gasteiger partial charge in [-0.1, -0.05) is 42.5 Å². The Kier molecular flexibility index (Phi) is 5.95. The molecule has 0 heterocycles. The molecule has 0 bridgehead atoms. The van der Waals surface area contributed by atoms with Gasteiger partial charge in [-0.2, -0.15) is 0 Å². The SMILES string of the molecule is CN(C)c1ccc(/C=C2/C=C(C=C3C=CC([NH+](C)C)C=C3)CCC2)cc1. The summed E-state index contributed by atoms with van der Waals surface area (Å²) in [4.78, 5) is 3.58. The van der Waals surface area contributed by atoms with E-state index in [0.717, 1.165) is 0 Å². The molecule has 0 spiro atoms. The van der Waals surface area contributed by atoms with Gasteiger partial charge in [-0.25, -0.2) is 0 Å². The maximum Gasteiger partial charge on any atom is 0.125 e. The van der Waals surface area contributed by atoms with Crippen molar-refractivity contribution in [2.24, 2.45) is 0 Å². The average molecular weight is 348 g/mol. The Bertz CT molecular complexity index is 755. The summed E-state index contributed by atoms with van der Waals surface area (Å²) >= 11 is 0. The van der Waals surface area contributed by atoms with Gasteiger partial charge in [0.05, 0.1) is 14.1 Å². The minimum atomic E-state index is 0.494. The Hall–Kier alpha value is -2.32. The lowest BCUT2D eigenvalue weighted by molar-refractivity contribution is -0.871. The third-order valence-electron chi connectivity index (χ3n) is 5.07. The largest absolute Gasteiger partial charge is 0.378 e. The van der Waals surface area contributed by atoms with Crippen LogP contribution in [0.5, 0.6) is 0 Å². The molecule has 0 atom stereocenters. The summed E-state index contributed by atoms with van der Waals surface area (Å²) in [7, 11) is 8.54. The Morgan fingerprint density at radius 1 is 0.962 bits per heavy atom. The first-order valence-corrected chi connectivity index (χ1v) is 9.58. The number of hydrogen-bond donors (Lipinski definition) is 1. The molecule has 0 fully saturated rings. The Morgan fingerprint density at radius 3 is 2.27 bits per heavy atom. The van der Waals surface area contributed by atoms with Crippen LogP contribution in [0.25, 0.3) is 6.08 Å². The van der Waals surface area contributed by atoms with E-state index in [1.807, 2.05) is 0 Å². The van der Waals surface area contributed by atoms with Crippen molar-refractivity contribution in [3.05, 3.63) is 83.0 Å². The molecular formula is C24H31N2+. The zero-order valence-electron chi connectivity index (χ0n) is 16.5. The molecular weight excluding hydrogens is 316 g/mol. The predicted molar refractivity (Wildman–Crippen MR) is 114 cm³/mol. The van der Waals surface area contributed by atoms with Crippen LogP contribution in [0.1, 0.15) is 24.8 Å². The summed E-state index contributed by atoms with van der Waals surface area (Å²) in [6.45, 7) is 0. The number of nitrogens with zero attached hydrogens (tertiary/aromatic N) is 1. The van der Waals surface area contributed by atoms with Gasteiger partial charge in [0, 0.05) is 19.8 Å². The number of benzene rings is 1. The molecule has 1 aromatic rings. The molecule has 2 aliphatic carbocycles. The Morgan fingerprint density at radius 2 is 1.65 bits per heavy atom. The number of allylic oxidation sites excluding steroid dienone is 7. The molecule has 3 rings (SSSR count). The van der Waals surface area contributed by atoms with Gasteiger partial charge in [0.15, 0.2) is 0 Å². The van der Waals surface area contributed by atoms with Crippen LogP contribution in [0.3, 0.4) is 0 Å². The van der Waals surface area contributed by atoms with Gasteiger partial charge in [0.2, 0.25) is 0 Å². The number of nitrogens with one attached hydrogen (secondary N) is 1. The van der Waals surface area contributed by atoms with Crippen LogP contribution in [-0.4, -0.2) is 34.2 Å². The van der Waals surface area contributed by atoms with E-state index < -0.39 is 0 Å². The van der Waals surface area contributed by atoms with Crippen molar-refractivity contribution >= 4 is 11.8 Å². The van der Waals surface area contributed by atoms with Gasteiger partial charge in [-0.15, -0.1) is 0 Å². The van der Waals surface area contributed by atoms with Crippen LogP contribution >= 0.6 is 0 Å². The number of anilines is 1.